The number of hydrogen-bond donors (Lipinski definition) is 1. The maximum absolute atomic E-state index is 5.14. The standard InChI is InChI=1S/C14H19N3O/c1-4-6-12-16-13(11-7-8-18-9-11)10(3)14(17-12)15-5-2/h7-9H,4-6H2,1-3H3,(H,15,16,17). The van der Waals surface area contributed by atoms with Crippen LogP contribution < -0.4 is 5.32 Å². The molecule has 2 aromatic rings. The van der Waals surface area contributed by atoms with Crippen LogP contribution in [0, 0.1) is 6.92 Å². The Balaban J connectivity index is 2.49. The summed E-state index contributed by atoms with van der Waals surface area (Å²) in [7, 11) is 0. The molecule has 0 aromatic carbocycles. The molecule has 4 nitrogen and oxygen atoms in total. The average molecular weight is 245 g/mol. The van der Waals surface area contributed by atoms with Crippen LogP contribution in [0.2, 0.25) is 0 Å². The van der Waals surface area contributed by atoms with E-state index in [1.165, 1.54) is 0 Å². The third-order valence-electron chi connectivity index (χ3n) is 2.80. The Morgan fingerprint density at radius 1 is 1.28 bits per heavy atom. The van der Waals surface area contributed by atoms with Crippen LogP contribution in [0.5, 0.6) is 0 Å². The van der Waals surface area contributed by atoms with Crippen molar-refractivity contribution in [3.8, 4) is 11.3 Å². The van der Waals surface area contributed by atoms with Crippen LogP contribution in [-0.2, 0) is 6.42 Å². The quantitative estimate of drug-likeness (QED) is 0.876. The van der Waals surface area contributed by atoms with Crippen molar-refractivity contribution in [2.45, 2.75) is 33.6 Å². The second-order valence-electron chi connectivity index (χ2n) is 4.25. The van der Waals surface area contributed by atoms with Gasteiger partial charge in [0.05, 0.1) is 18.2 Å². The number of nitrogens with zero attached hydrogens (tertiary/aromatic N) is 2. The number of rotatable bonds is 5. The van der Waals surface area contributed by atoms with Crippen molar-refractivity contribution in [3.05, 3.63) is 30.0 Å². The normalized spacial score (nSPS) is 10.6. The fourth-order valence-corrected chi connectivity index (χ4v) is 1.92. The lowest BCUT2D eigenvalue weighted by atomic mass is 10.1. The molecule has 0 aliphatic heterocycles. The van der Waals surface area contributed by atoms with E-state index in [4.69, 9.17) is 4.42 Å². The minimum absolute atomic E-state index is 0.855. The predicted molar refractivity (Wildman–Crippen MR) is 72.6 cm³/mol. The lowest BCUT2D eigenvalue weighted by molar-refractivity contribution is 0.568. The van der Waals surface area contributed by atoms with Gasteiger partial charge >= 0.3 is 0 Å². The Hall–Kier alpha value is -1.84. The minimum atomic E-state index is 0.855. The molecule has 0 aliphatic carbocycles. The van der Waals surface area contributed by atoms with Gasteiger partial charge in [0.1, 0.15) is 11.6 Å². The predicted octanol–water partition coefficient (Wildman–Crippen LogP) is 3.43. The van der Waals surface area contributed by atoms with Gasteiger partial charge in [-0.3, -0.25) is 0 Å². The number of aryl methyl sites for hydroxylation is 1. The van der Waals surface area contributed by atoms with Crippen LogP contribution in [0.4, 0.5) is 5.82 Å². The highest BCUT2D eigenvalue weighted by atomic mass is 16.3. The van der Waals surface area contributed by atoms with Crippen LogP contribution in [-0.4, -0.2) is 16.5 Å². The van der Waals surface area contributed by atoms with Gasteiger partial charge in [0.25, 0.3) is 0 Å². The molecule has 0 spiro atoms. The van der Waals surface area contributed by atoms with Crippen molar-refractivity contribution < 1.29 is 4.42 Å². The number of nitrogens with one attached hydrogen (secondary N) is 1. The van der Waals surface area contributed by atoms with Gasteiger partial charge in [-0.15, -0.1) is 0 Å². The lowest BCUT2D eigenvalue weighted by Crippen LogP contribution is -2.07. The van der Waals surface area contributed by atoms with Crippen LogP contribution in [0.1, 0.15) is 31.7 Å². The van der Waals surface area contributed by atoms with Gasteiger partial charge in [0, 0.05) is 24.1 Å². The molecule has 18 heavy (non-hydrogen) atoms. The van der Waals surface area contributed by atoms with E-state index in [0.717, 1.165) is 47.8 Å². The Labute approximate surface area is 107 Å². The molecule has 2 heterocycles. The van der Waals surface area contributed by atoms with E-state index in [0.29, 0.717) is 0 Å². The summed E-state index contributed by atoms with van der Waals surface area (Å²) in [6.07, 6.45) is 5.33. The van der Waals surface area contributed by atoms with E-state index in [2.05, 4.69) is 29.1 Å². The maximum Gasteiger partial charge on any atom is 0.133 e. The highest BCUT2D eigenvalue weighted by molar-refractivity contribution is 5.67. The van der Waals surface area contributed by atoms with Gasteiger partial charge in [-0.2, -0.15) is 0 Å². The van der Waals surface area contributed by atoms with E-state index in [1.807, 2.05) is 13.0 Å². The first-order valence-electron chi connectivity index (χ1n) is 6.40. The van der Waals surface area contributed by atoms with E-state index in [1.54, 1.807) is 12.5 Å². The topological polar surface area (TPSA) is 51.0 Å². The molecule has 0 atom stereocenters. The summed E-state index contributed by atoms with van der Waals surface area (Å²) in [5.41, 5.74) is 3.03. The summed E-state index contributed by atoms with van der Waals surface area (Å²) >= 11 is 0. The molecule has 0 unspecified atom stereocenters. The third kappa shape index (κ3) is 2.53. The molecule has 96 valence electrons. The zero-order chi connectivity index (χ0) is 13.0. The van der Waals surface area contributed by atoms with Crippen molar-refractivity contribution in [2.24, 2.45) is 0 Å². The number of aromatic nitrogens is 2. The molecule has 2 aromatic heterocycles. The molecule has 0 radical (unpaired) electrons. The first-order valence-corrected chi connectivity index (χ1v) is 6.40. The fraction of sp³-hybridized carbons (Fsp3) is 0.429. The van der Waals surface area contributed by atoms with E-state index >= 15 is 0 Å². The minimum Gasteiger partial charge on any atom is -0.472 e. The zero-order valence-corrected chi connectivity index (χ0v) is 11.2. The monoisotopic (exact) mass is 245 g/mol. The number of hydrogen-bond acceptors (Lipinski definition) is 4. The number of anilines is 1. The van der Waals surface area contributed by atoms with Gasteiger partial charge in [0.2, 0.25) is 0 Å². The van der Waals surface area contributed by atoms with Gasteiger partial charge < -0.3 is 9.73 Å². The second-order valence-corrected chi connectivity index (χ2v) is 4.25. The summed E-state index contributed by atoms with van der Waals surface area (Å²) < 4.78 is 5.14. The van der Waals surface area contributed by atoms with Gasteiger partial charge in [0.15, 0.2) is 0 Å². The Morgan fingerprint density at radius 3 is 2.72 bits per heavy atom. The van der Waals surface area contributed by atoms with Crippen molar-refractivity contribution >= 4 is 5.82 Å². The van der Waals surface area contributed by atoms with Crippen LogP contribution in [0.25, 0.3) is 11.3 Å². The molecule has 4 heteroatoms. The largest absolute Gasteiger partial charge is 0.472 e. The second kappa shape index (κ2) is 5.67. The molecule has 0 amide bonds. The van der Waals surface area contributed by atoms with Crippen LogP contribution in [0.3, 0.4) is 0 Å². The van der Waals surface area contributed by atoms with E-state index in [-0.39, 0.29) is 0 Å². The van der Waals surface area contributed by atoms with Gasteiger partial charge in [-0.05, 0) is 26.3 Å². The zero-order valence-electron chi connectivity index (χ0n) is 11.2. The summed E-state index contributed by atoms with van der Waals surface area (Å²) in [6, 6.07) is 1.93. The molecule has 0 aliphatic rings. The highest BCUT2D eigenvalue weighted by Crippen LogP contribution is 2.26. The lowest BCUT2D eigenvalue weighted by Gasteiger charge is -2.12. The third-order valence-corrected chi connectivity index (χ3v) is 2.80. The van der Waals surface area contributed by atoms with Gasteiger partial charge in [-0.25, -0.2) is 9.97 Å². The van der Waals surface area contributed by atoms with Crippen LogP contribution >= 0.6 is 0 Å². The van der Waals surface area contributed by atoms with Crippen LogP contribution in [0.15, 0.2) is 23.0 Å². The molecule has 0 fully saturated rings. The first kappa shape index (κ1) is 12.6. The summed E-state index contributed by atoms with van der Waals surface area (Å²) in [4.78, 5) is 9.21. The molecule has 0 saturated heterocycles. The SMILES string of the molecule is CCCc1nc(NCC)c(C)c(-c2ccoc2)n1. The Bertz CT molecular complexity index is 506. The Morgan fingerprint density at radius 2 is 2.11 bits per heavy atom. The summed E-state index contributed by atoms with van der Waals surface area (Å²) in [5.74, 6) is 1.81. The summed E-state index contributed by atoms with van der Waals surface area (Å²) in [5, 5.41) is 3.30. The molecular weight excluding hydrogens is 226 g/mol. The number of furan rings is 1. The van der Waals surface area contributed by atoms with E-state index < -0.39 is 0 Å². The van der Waals surface area contributed by atoms with Crippen molar-refractivity contribution in [1.82, 2.24) is 9.97 Å². The molecule has 0 saturated carbocycles. The molecular formula is C14H19N3O. The maximum atomic E-state index is 5.14. The fourth-order valence-electron chi connectivity index (χ4n) is 1.92. The highest BCUT2D eigenvalue weighted by Gasteiger charge is 2.12. The molecule has 0 bridgehead atoms. The first-order chi connectivity index (χ1) is 8.76. The van der Waals surface area contributed by atoms with Crippen molar-refractivity contribution in [2.75, 3.05) is 11.9 Å². The van der Waals surface area contributed by atoms with Crippen molar-refractivity contribution in [3.63, 3.8) is 0 Å². The molecule has 1 N–H and O–H groups in total. The smallest absolute Gasteiger partial charge is 0.133 e. The molecule has 2 rings (SSSR count). The average Bonchev–Trinajstić information content (AvgIpc) is 2.87. The van der Waals surface area contributed by atoms with Gasteiger partial charge in [-0.1, -0.05) is 6.92 Å². The van der Waals surface area contributed by atoms with E-state index in [9.17, 15) is 0 Å². The van der Waals surface area contributed by atoms with Crippen molar-refractivity contribution in [1.29, 1.82) is 0 Å². The Kier molecular flexibility index (Phi) is 3.97. The summed E-state index contributed by atoms with van der Waals surface area (Å²) in [6.45, 7) is 7.09.